The van der Waals surface area contributed by atoms with Crippen molar-refractivity contribution in [1.82, 2.24) is 4.90 Å². The summed E-state index contributed by atoms with van der Waals surface area (Å²) in [5.41, 5.74) is 3.14. The molecule has 40 heavy (non-hydrogen) atoms. The summed E-state index contributed by atoms with van der Waals surface area (Å²) in [6.07, 6.45) is -0.921. The van der Waals surface area contributed by atoms with Crippen molar-refractivity contribution >= 4 is 38.4 Å². The number of aliphatic carboxylic acids is 1. The Morgan fingerprint density at radius 1 is 1.15 bits per heavy atom. The lowest BCUT2D eigenvalue weighted by Gasteiger charge is -2.46. The van der Waals surface area contributed by atoms with Gasteiger partial charge in [0.1, 0.15) is 45.0 Å². The Morgan fingerprint density at radius 2 is 1.85 bits per heavy atom. The van der Waals surface area contributed by atoms with E-state index < -0.39 is 45.9 Å². The van der Waals surface area contributed by atoms with Gasteiger partial charge in [0.2, 0.25) is 5.91 Å². The number of carboxylic acids is 1. The predicted molar refractivity (Wildman–Crippen MR) is 147 cm³/mol. The van der Waals surface area contributed by atoms with Crippen molar-refractivity contribution in [2.45, 2.75) is 44.0 Å². The lowest BCUT2D eigenvalue weighted by molar-refractivity contribution is -1.03. The number of likely N-dealkylation sites (N-methyl/N-ethyl adjacent to an activating group) is 1. The summed E-state index contributed by atoms with van der Waals surface area (Å²) >= 11 is 0. The van der Waals surface area contributed by atoms with Crippen molar-refractivity contribution < 1.29 is 37.2 Å². The maximum Gasteiger partial charge on any atom is 0.352 e. The number of carboxylic acid groups (broad SMARTS) is 1. The number of anilines is 1. The number of aliphatic hydroxyl groups excluding tert-OH is 1. The van der Waals surface area contributed by atoms with Crippen LogP contribution in [-0.4, -0.2) is 103 Å². The molecule has 5 heterocycles. The molecule has 0 radical (unpaired) electrons. The van der Waals surface area contributed by atoms with Crippen LogP contribution in [0, 0.1) is 11.8 Å². The van der Waals surface area contributed by atoms with Gasteiger partial charge in [-0.2, -0.15) is 0 Å². The van der Waals surface area contributed by atoms with Gasteiger partial charge in [0.15, 0.2) is 0 Å². The normalized spacial score (nSPS) is 29.6. The summed E-state index contributed by atoms with van der Waals surface area (Å²) < 4.78 is 31.6. The molecule has 11 heteroatoms. The second-order valence-electron chi connectivity index (χ2n) is 13.1. The number of benzene rings is 2. The van der Waals surface area contributed by atoms with E-state index in [2.05, 4.69) is 20.2 Å². The third-order valence-electron chi connectivity index (χ3n) is 10.3. The molecule has 0 bridgehead atoms. The Balaban J connectivity index is 1.35. The minimum absolute atomic E-state index is 0.137. The number of nitrogens with zero attached hydrogens (tertiary/aromatic N) is 4. The van der Waals surface area contributed by atoms with Gasteiger partial charge in [-0.3, -0.25) is 9.10 Å². The zero-order chi connectivity index (χ0) is 28.5. The summed E-state index contributed by atoms with van der Waals surface area (Å²) in [5, 5.41) is 22.0. The standard InChI is InChI=1S/C29H35N4O6S/c1-16-20(27(29(36)37)31-25(16)23(17(2)34)28(31)35)13-30-26-21-15-33(10-8-32(3,4)9-11-33)14-19(21)12-18-6-5-7-22(24(18)26)40(30,38)39/h5-7,12,16-17,23,25,34H,8-11,13-15H2,1-4H3/q+1/p+1/t16-,17+,23+,25+/m0/s1. The van der Waals surface area contributed by atoms with Gasteiger partial charge in [0.05, 0.1) is 49.3 Å². The van der Waals surface area contributed by atoms with Crippen molar-refractivity contribution in [3.05, 3.63) is 46.7 Å². The van der Waals surface area contributed by atoms with E-state index in [1.165, 1.54) is 16.1 Å². The fraction of sp³-hybridized carbons (Fsp3) is 0.517. The number of hydrogen-bond acceptors (Lipinski definition) is 5. The zero-order valence-electron chi connectivity index (χ0n) is 23.3. The Kier molecular flexibility index (Phi) is 5.23. The number of carbonyl (C=O) groups excluding carboxylic acids is 1. The first-order valence-electron chi connectivity index (χ1n) is 14.0. The van der Waals surface area contributed by atoms with Gasteiger partial charge in [-0.15, -0.1) is 0 Å². The molecule has 10 nitrogen and oxygen atoms in total. The highest BCUT2D eigenvalue weighted by molar-refractivity contribution is 7.93. The van der Waals surface area contributed by atoms with Crippen LogP contribution in [0.4, 0.5) is 5.69 Å². The lowest BCUT2D eigenvalue weighted by Crippen LogP contribution is -2.63. The van der Waals surface area contributed by atoms with Crippen LogP contribution in [0.5, 0.6) is 0 Å². The molecule has 2 aromatic rings. The smallest absolute Gasteiger partial charge is 0.352 e. The van der Waals surface area contributed by atoms with Crippen LogP contribution in [0.1, 0.15) is 25.0 Å². The van der Waals surface area contributed by atoms with Gasteiger partial charge in [0.25, 0.3) is 10.0 Å². The topological polar surface area (TPSA) is 115 Å². The number of amides is 1. The van der Waals surface area contributed by atoms with E-state index in [1.54, 1.807) is 12.1 Å². The molecule has 2 fully saturated rings. The van der Waals surface area contributed by atoms with E-state index in [4.69, 9.17) is 0 Å². The average molecular weight is 569 g/mol. The van der Waals surface area contributed by atoms with Gasteiger partial charge in [-0.1, -0.05) is 19.1 Å². The largest absolute Gasteiger partial charge is 0.477 e. The molecule has 2 N–H and O–H groups in total. The molecule has 2 aromatic carbocycles. The molecule has 0 saturated carbocycles. The van der Waals surface area contributed by atoms with E-state index in [-0.39, 0.29) is 17.1 Å². The number of carbonyl (C=O) groups is 2. The molecule has 2 saturated heterocycles. The minimum Gasteiger partial charge on any atom is -0.477 e. The van der Waals surface area contributed by atoms with Crippen molar-refractivity contribution in [2.75, 3.05) is 51.1 Å². The monoisotopic (exact) mass is 568 g/mol. The summed E-state index contributed by atoms with van der Waals surface area (Å²) in [4.78, 5) is 26.9. The van der Waals surface area contributed by atoms with Gasteiger partial charge in [-0.05, 0) is 30.0 Å². The van der Waals surface area contributed by atoms with Crippen LogP contribution in [0.3, 0.4) is 0 Å². The Morgan fingerprint density at radius 3 is 2.50 bits per heavy atom. The van der Waals surface area contributed by atoms with E-state index in [9.17, 15) is 28.2 Å². The molecular weight excluding hydrogens is 532 g/mol. The molecule has 0 aliphatic carbocycles. The number of hydrogen-bond donors (Lipinski definition) is 2. The van der Waals surface area contributed by atoms with Gasteiger partial charge in [0, 0.05) is 22.4 Å². The van der Waals surface area contributed by atoms with E-state index in [0.717, 1.165) is 64.7 Å². The summed E-state index contributed by atoms with van der Waals surface area (Å²) in [5.74, 6) is -2.78. The number of sulfonamides is 1. The molecule has 5 aliphatic rings. The summed E-state index contributed by atoms with van der Waals surface area (Å²) in [7, 11) is 0.544. The number of quaternary nitrogens is 2. The first kappa shape index (κ1) is 25.9. The summed E-state index contributed by atoms with van der Waals surface area (Å²) in [6, 6.07) is 7.02. The number of piperazine rings is 1. The van der Waals surface area contributed by atoms with Gasteiger partial charge >= 0.3 is 5.97 Å². The third kappa shape index (κ3) is 3.29. The van der Waals surface area contributed by atoms with Crippen LogP contribution in [0.15, 0.2) is 40.4 Å². The molecule has 212 valence electrons. The van der Waals surface area contributed by atoms with Crippen LogP contribution in [-0.2, 0) is 32.7 Å². The average Bonchev–Trinajstić information content (AvgIpc) is 3.43. The fourth-order valence-electron chi connectivity index (χ4n) is 7.98. The molecule has 4 atom stereocenters. The first-order chi connectivity index (χ1) is 18.8. The number of rotatable bonds is 4. The highest BCUT2D eigenvalue weighted by Crippen LogP contribution is 2.52. The molecule has 1 spiro atoms. The van der Waals surface area contributed by atoms with Crippen LogP contribution in [0.25, 0.3) is 10.8 Å². The zero-order valence-corrected chi connectivity index (χ0v) is 24.1. The highest BCUT2D eigenvalue weighted by atomic mass is 32.2. The number of aliphatic hydroxyl groups is 1. The van der Waals surface area contributed by atoms with Crippen molar-refractivity contribution in [3.8, 4) is 0 Å². The Labute approximate surface area is 233 Å². The molecule has 7 rings (SSSR count). The number of fused-ring (bicyclic) bond motifs is 3. The van der Waals surface area contributed by atoms with E-state index in [0.29, 0.717) is 16.6 Å². The quantitative estimate of drug-likeness (QED) is 0.427. The Hall–Kier alpha value is -2.99. The maximum atomic E-state index is 14.1. The third-order valence-corrected chi connectivity index (χ3v) is 12.1. The molecule has 0 unspecified atom stereocenters. The maximum absolute atomic E-state index is 14.1. The molecular formula is C29H36N4O6S+2. The van der Waals surface area contributed by atoms with Gasteiger partial charge < -0.3 is 24.1 Å². The van der Waals surface area contributed by atoms with Crippen LogP contribution in [0.2, 0.25) is 0 Å². The van der Waals surface area contributed by atoms with Crippen molar-refractivity contribution in [1.29, 1.82) is 0 Å². The SMILES string of the molecule is C[C@@H](O)[C@H]1C(=O)N2C(C(=O)O)=C(CN3c4c5c(cc6cccc(c46)S3(=O)=O)C[N+]3(CC[N+](C)(C)CC3)C5)[C@H](C)[C@H]12. The minimum atomic E-state index is -3.96. The van der Waals surface area contributed by atoms with Gasteiger partial charge in [-0.25, -0.2) is 13.2 Å². The Bertz CT molecular complexity index is 1650. The number of β-lactam (4-membered cyclic amide) rings is 1. The second kappa shape index (κ2) is 8.06. The van der Waals surface area contributed by atoms with Crippen molar-refractivity contribution in [2.24, 2.45) is 11.8 Å². The second-order valence-corrected chi connectivity index (χ2v) is 15.0. The molecule has 5 aliphatic heterocycles. The molecule has 1 amide bonds. The van der Waals surface area contributed by atoms with Crippen LogP contribution < -0.4 is 4.31 Å². The first-order valence-corrected chi connectivity index (χ1v) is 15.5. The predicted octanol–water partition coefficient (Wildman–Crippen LogP) is 1.47. The van der Waals surface area contributed by atoms with E-state index in [1.807, 2.05) is 13.0 Å². The van der Waals surface area contributed by atoms with Crippen molar-refractivity contribution in [3.63, 3.8) is 0 Å². The fourth-order valence-corrected chi connectivity index (χ4v) is 9.69. The van der Waals surface area contributed by atoms with Crippen LogP contribution >= 0.6 is 0 Å². The highest BCUT2D eigenvalue weighted by Gasteiger charge is 2.60. The lowest BCUT2D eigenvalue weighted by atomic mass is 9.77. The summed E-state index contributed by atoms with van der Waals surface area (Å²) in [6.45, 7) is 8.98. The molecule has 0 aromatic heterocycles. The van der Waals surface area contributed by atoms with E-state index >= 15 is 0 Å².